The van der Waals surface area contributed by atoms with E-state index in [2.05, 4.69) is 53.6 Å². The summed E-state index contributed by atoms with van der Waals surface area (Å²) in [6.45, 7) is 3.12. The number of benzene rings is 1. The molecule has 0 amide bonds. The van der Waals surface area contributed by atoms with Crippen molar-refractivity contribution in [1.29, 1.82) is 0 Å². The molecule has 122 valence electrons. The molecule has 1 aliphatic rings. The van der Waals surface area contributed by atoms with Crippen molar-refractivity contribution in [3.63, 3.8) is 0 Å². The SMILES string of the molecule is CN(C)C1(CN=C(N)NCCc2ccccc2)CCOCC1. The van der Waals surface area contributed by atoms with Gasteiger partial charge in [0.15, 0.2) is 5.96 Å². The van der Waals surface area contributed by atoms with E-state index in [1.54, 1.807) is 0 Å². The zero-order valence-electron chi connectivity index (χ0n) is 13.7. The number of hydrogen-bond acceptors (Lipinski definition) is 3. The maximum Gasteiger partial charge on any atom is 0.188 e. The van der Waals surface area contributed by atoms with Crippen molar-refractivity contribution < 1.29 is 4.74 Å². The largest absolute Gasteiger partial charge is 0.381 e. The van der Waals surface area contributed by atoms with Crippen molar-refractivity contribution in [3.05, 3.63) is 35.9 Å². The van der Waals surface area contributed by atoms with Gasteiger partial charge in [0.2, 0.25) is 0 Å². The van der Waals surface area contributed by atoms with E-state index in [0.29, 0.717) is 12.5 Å². The molecule has 0 saturated carbocycles. The maximum absolute atomic E-state index is 6.00. The van der Waals surface area contributed by atoms with E-state index in [9.17, 15) is 0 Å². The van der Waals surface area contributed by atoms with Gasteiger partial charge in [0, 0.05) is 25.3 Å². The minimum atomic E-state index is 0.0734. The minimum Gasteiger partial charge on any atom is -0.381 e. The molecule has 1 fully saturated rings. The Morgan fingerprint density at radius 2 is 1.95 bits per heavy atom. The smallest absolute Gasteiger partial charge is 0.188 e. The van der Waals surface area contributed by atoms with Crippen LogP contribution in [-0.2, 0) is 11.2 Å². The standard InChI is InChI=1S/C17H28N4O/c1-21(2)17(9-12-22-13-10-17)14-20-16(18)19-11-8-15-6-4-3-5-7-15/h3-7H,8-14H2,1-2H3,(H3,18,19,20). The highest BCUT2D eigenvalue weighted by Crippen LogP contribution is 2.26. The lowest BCUT2D eigenvalue weighted by Crippen LogP contribution is -2.51. The first-order valence-electron chi connectivity index (χ1n) is 7.95. The lowest BCUT2D eigenvalue weighted by atomic mass is 9.89. The fourth-order valence-corrected chi connectivity index (χ4v) is 2.77. The van der Waals surface area contributed by atoms with Crippen LogP contribution in [-0.4, -0.2) is 56.8 Å². The van der Waals surface area contributed by atoms with E-state index < -0.39 is 0 Å². The number of nitrogens with zero attached hydrogens (tertiary/aromatic N) is 2. The van der Waals surface area contributed by atoms with Gasteiger partial charge in [-0.2, -0.15) is 0 Å². The summed E-state index contributed by atoms with van der Waals surface area (Å²) in [7, 11) is 4.22. The van der Waals surface area contributed by atoms with E-state index in [-0.39, 0.29) is 5.54 Å². The van der Waals surface area contributed by atoms with Gasteiger partial charge in [-0.15, -0.1) is 0 Å². The normalized spacial score (nSPS) is 18.4. The van der Waals surface area contributed by atoms with Crippen LogP contribution in [0.3, 0.4) is 0 Å². The summed E-state index contributed by atoms with van der Waals surface area (Å²) in [5.74, 6) is 0.531. The summed E-state index contributed by atoms with van der Waals surface area (Å²) in [6, 6.07) is 10.4. The Morgan fingerprint density at radius 1 is 1.27 bits per heavy atom. The number of aliphatic imine (C=N–C) groups is 1. The van der Waals surface area contributed by atoms with Crippen LogP contribution >= 0.6 is 0 Å². The third kappa shape index (κ3) is 4.71. The molecule has 1 aromatic carbocycles. The number of nitrogens with two attached hydrogens (primary N) is 1. The molecule has 0 radical (unpaired) electrons. The number of hydrogen-bond donors (Lipinski definition) is 2. The molecule has 5 heteroatoms. The van der Waals surface area contributed by atoms with Gasteiger partial charge >= 0.3 is 0 Å². The molecule has 1 saturated heterocycles. The van der Waals surface area contributed by atoms with Crippen LogP contribution in [0.25, 0.3) is 0 Å². The van der Waals surface area contributed by atoms with Crippen LogP contribution in [0.15, 0.2) is 35.3 Å². The van der Waals surface area contributed by atoms with E-state index >= 15 is 0 Å². The zero-order chi connectivity index (χ0) is 15.8. The second-order valence-electron chi connectivity index (χ2n) is 6.09. The highest BCUT2D eigenvalue weighted by molar-refractivity contribution is 5.77. The van der Waals surface area contributed by atoms with Gasteiger partial charge in [-0.05, 0) is 38.9 Å². The van der Waals surface area contributed by atoms with Crippen LogP contribution < -0.4 is 11.1 Å². The van der Waals surface area contributed by atoms with Crippen LogP contribution in [0.1, 0.15) is 18.4 Å². The van der Waals surface area contributed by atoms with Crippen molar-refractivity contribution in [1.82, 2.24) is 10.2 Å². The average molecular weight is 304 g/mol. The van der Waals surface area contributed by atoms with Crippen LogP contribution in [0.5, 0.6) is 0 Å². The number of rotatable bonds is 6. The molecule has 0 aromatic heterocycles. The number of guanidine groups is 1. The predicted molar refractivity (Wildman–Crippen MR) is 91.1 cm³/mol. The lowest BCUT2D eigenvalue weighted by Gasteiger charge is -2.41. The quantitative estimate of drug-likeness (QED) is 0.613. The summed E-state index contributed by atoms with van der Waals surface area (Å²) in [5.41, 5.74) is 7.38. The second-order valence-corrected chi connectivity index (χ2v) is 6.09. The van der Waals surface area contributed by atoms with Gasteiger partial charge in [-0.3, -0.25) is 4.99 Å². The molecule has 0 atom stereocenters. The fraction of sp³-hybridized carbons (Fsp3) is 0.588. The Hall–Kier alpha value is -1.59. The average Bonchev–Trinajstić information content (AvgIpc) is 2.55. The second kappa shape index (κ2) is 8.15. The van der Waals surface area contributed by atoms with E-state index in [0.717, 1.165) is 39.0 Å². The third-order valence-corrected chi connectivity index (χ3v) is 4.48. The number of likely N-dealkylation sites (N-methyl/N-ethyl adjacent to an activating group) is 1. The zero-order valence-corrected chi connectivity index (χ0v) is 13.7. The Kier molecular flexibility index (Phi) is 6.21. The van der Waals surface area contributed by atoms with Crippen LogP contribution in [0.2, 0.25) is 0 Å². The number of ether oxygens (including phenoxy) is 1. The van der Waals surface area contributed by atoms with Crippen molar-refractivity contribution in [3.8, 4) is 0 Å². The van der Waals surface area contributed by atoms with Gasteiger partial charge in [-0.1, -0.05) is 30.3 Å². The minimum absolute atomic E-state index is 0.0734. The van der Waals surface area contributed by atoms with E-state index in [1.165, 1.54) is 5.56 Å². The molecule has 1 aromatic rings. The van der Waals surface area contributed by atoms with Crippen molar-refractivity contribution >= 4 is 5.96 Å². The first-order chi connectivity index (χ1) is 10.6. The van der Waals surface area contributed by atoms with Crippen LogP contribution in [0.4, 0.5) is 0 Å². The molecule has 0 aliphatic carbocycles. The summed E-state index contributed by atoms with van der Waals surface area (Å²) in [4.78, 5) is 6.82. The molecule has 0 spiro atoms. The van der Waals surface area contributed by atoms with Crippen molar-refractivity contribution in [2.24, 2.45) is 10.7 Å². The molecule has 3 N–H and O–H groups in total. The summed E-state index contributed by atoms with van der Waals surface area (Å²) in [5, 5.41) is 3.20. The molecular formula is C17H28N4O. The summed E-state index contributed by atoms with van der Waals surface area (Å²) >= 11 is 0. The van der Waals surface area contributed by atoms with Gasteiger partial charge in [0.1, 0.15) is 0 Å². The van der Waals surface area contributed by atoms with Crippen LogP contribution in [0, 0.1) is 0 Å². The Bertz CT molecular complexity index is 467. The first-order valence-corrected chi connectivity index (χ1v) is 7.95. The molecule has 0 unspecified atom stereocenters. The van der Waals surface area contributed by atoms with Gasteiger partial charge in [0.25, 0.3) is 0 Å². The Morgan fingerprint density at radius 3 is 2.59 bits per heavy atom. The highest BCUT2D eigenvalue weighted by atomic mass is 16.5. The monoisotopic (exact) mass is 304 g/mol. The van der Waals surface area contributed by atoms with Gasteiger partial charge in [-0.25, -0.2) is 0 Å². The van der Waals surface area contributed by atoms with Crippen molar-refractivity contribution in [2.75, 3.05) is 40.4 Å². The molecular weight excluding hydrogens is 276 g/mol. The van der Waals surface area contributed by atoms with Gasteiger partial charge < -0.3 is 20.7 Å². The maximum atomic E-state index is 6.00. The molecule has 22 heavy (non-hydrogen) atoms. The summed E-state index contributed by atoms with van der Waals surface area (Å²) < 4.78 is 5.47. The molecule has 1 aliphatic heterocycles. The van der Waals surface area contributed by atoms with E-state index in [4.69, 9.17) is 10.5 Å². The summed E-state index contributed by atoms with van der Waals surface area (Å²) in [6.07, 6.45) is 2.95. The number of nitrogens with one attached hydrogen (secondary N) is 1. The fourth-order valence-electron chi connectivity index (χ4n) is 2.77. The molecule has 5 nitrogen and oxygen atoms in total. The topological polar surface area (TPSA) is 62.9 Å². The lowest BCUT2D eigenvalue weighted by molar-refractivity contribution is -0.00252. The molecule has 1 heterocycles. The highest BCUT2D eigenvalue weighted by Gasteiger charge is 2.34. The molecule has 0 bridgehead atoms. The first kappa shape index (κ1) is 16.8. The van der Waals surface area contributed by atoms with Crippen molar-refractivity contribution in [2.45, 2.75) is 24.8 Å². The Balaban J connectivity index is 1.81. The van der Waals surface area contributed by atoms with E-state index in [1.807, 2.05) is 6.07 Å². The molecule has 2 rings (SSSR count). The third-order valence-electron chi connectivity index (χ3n) is 4.48. The van der Waals surface area contributed by atoms with Gasteiger partial charge in [0.05, 0.1) is 6.54 Å². The Labute approximate surface area is 133 Å². The predicted octanol–water partition coefficient (Wildman–Crippen LogP) is 1.24.